The molecule has 0 aromatic carbocycles. The Hall–Kier alpha value is -0.660. The number of hydrogen-bond acceptors (Lipinski definition) is 4. The fraction of sp³-hybridized carbons (Fsp3) is 0.900. The summed E-state index contributed by atoms with van der Waals surface area (Å²) in [5, 5.41) is 3.11. The zero-order chi connectivity index (χ0) is 12.5. The lowest BCUT2D eigenvalue weighted by Gasteiger charge is -2.26. The maximum atomic E-state index is 12.2. The first-order valence-electron chi connectivity index (χ1n) is 5.97. The first kappa shape index (κ1) is 12.8. The van der Waals surface area contributed by atoms with Gasteiger partial charge in [0.1, 0.15) is 0 Å². The lowest BCUT2D eigenvalue weighted by Crippen LogP contribution is -2.47. The van der Waals surface area contributed by atoms with Crippen LogP contribution >= 0.6 is 0 Å². The summed E-state index contributed by atoms with van der Waals surface area (Å²) in [6, 6.07) is -0.119. The molecule has 0 spiro atoms. The number of carbonyl (C=O) groups excluding carboxylic acids is 1. The van der Waals surface area contributed by atoms with Crippen LogP contribution in [0.3, 0.4) is 0 Å². The highest BCUT2D eigenvalue weighted by Crippen LogP contribution is 2.31. The normalized spacial score (nSPS) is 25.4. The molecule has 7 heteroatoms. The van der Waals surface area contributed by atoms with Crippen LogP contribution in [0.1, 0.15) is 19.3 Å². The van der Waals surface area contributed by atoms with Gasteiger partial charge in [-0.3, -0.25) is 4.79 Å². The molecule has 0 aromatic heterocycles. The van der Waals surface area contributed by atoms with Crippen molar-refractivity contribution in [1.29, 1.82) is 0 Å². The molecule has 17 heavy (non-hydrogen) atoms. The monoisotopic (exact) mass is 261 g/mol. The van der Waals surface area contributed by atoms with Gasteiger partial charge in [0.05, 0.1) is 12.3 Å². The van der Waals surface area contributed by atoms with Gasteiger partial charge in [0.15, 0.2) is 0 Å². The molecule has 1 atom stereocenters. The molecule has 3 N–H and O–H groups in total. The van der Waals surface area contributed by atoms with Gasteiger partial charge in [-0.15, -0.1) is 0 Å². The second-order valence-electron chi connectivity index (χ2n) is 4.88. The zero-order valence-corrected chi connectivity index (χ0v) is 10.6. The van der Waals surface area contributed by atoms with E-state index in [1.165, 1.54) is 4.31 Å². The Balaban J connectivity index is 2.09. The van der Waals surface area contributed by atoms with Crippen molar-refractivity contribution in [3.05, 3.63) is 0 Å². The third kappa shape index (κ3) is 3.40. The van der Waals surface area contributed by atoms with Crippen LogP contribution in [-0.2, 0) is 14.8 Å². The van der Waals surface area contributed by atoms with E-state index in [4.69, 9.17) is 5.73 Å². The molecule has 6 nitrogen and oxygen atoms in total. The maximum absolute atomic E-state index is 12.2. The van der Waals surface area contributed by atoms with Crippen LogP contribution in [0.2, 0.25) is 0 Å². The second-order valence-corrected chi connectivity index (χ2v) is 6.85. The number of hydrogen-bond donors (Lipinski definition) is 2. The van der Waals surface area contributed by atoms with E-state index in [2.05, 4.69) is 5.32 Å². The standard InChI is InChI=1S/C10H19N3O3S/c11-10(14)6-13(9-3-4-12-5-9)17(15,16)7-8-1-2-8/h8-9,12H,1-7H2,(H2,11,14). The molecule has 98 valence electrons. The van der Waals surface area contributed by atoms with Crippen molar-refractivity contribution >= 4 is 15.9 Å². The highest BCUT2D eigenvalue weighted by molar-refractivity contribution is 7.89. The second kappa shape index (κ2) is 4.91. The van der Waals surface area contributed by atoms with Gasteiger partial charge in [0.2, 0.25) is 15.9 Å². The molecule has 1 saturated carbocycles. The van der Waals surface area contributed by atoms with E-state index in [1.807, 2.05) is 0 Å². The fourth-order valence-corrected chi connectivity index (χ4v) is 4.25. The molecular weight excluding hydrogens is 242 g/mol. The van der Waals surface area contributed by atoms with E-state index in [1.54, 1.807) is 0 Å². The lowest BCUT2D eigenvalue weighted by molar-refractivity contribution is -0.118. The number of primary amides is 1. The topological polar surface area (TPSA) is 92.5 Å². The van der Waals surface area contributed by atoms with Crippen LogP contribution in [0.4, 0.5) is 0 Å². The molecule has 1 aliphatic heterocycles. The quantitative estimate of drug-likeness (QED) is 0.633. The van der Waals surface area contributed by atoms with Crippen molar-refractivity contribution in [2.45, 2.75) is 25.3 Å². The summed E-state index contributed by atoms with van der Waals surface area (Å²) < 4.78 is 25.7. The van der Waals surface area contributed by atoms with Crippen molar-refractivity contribution in [3.8, 4) is 0 Å². The van der Waals surface area contributed by atoms with Crippen LogP contribution in [0, 0.1) is 5.92 Å². The van der Waals surface area contributed by atoms with E-state index < -0.39 is 15.9 Å². The first-order valence-corrected chi connectivity index (χ1v) is 7.58. The van der Waals surface area contributed by atoms with Crippen LogP contribution in [0.5, 0.6) is 0 Å². The highest BCUT2D eigenvalue weighted by atomic mass is 32.2. The van der Waals surface area contributed by atoms with Crippen molar-refractivity contribution in [2.75, 3.05) is 25.4 Å². The van der Waals surface area contributed by atoms with Crippen molar-refractivity contribution in [3.63, 3.8) is 0 Å². The minimum absolute atomic E-state index is 0.119. The van der Waals surface area contributed by atoms with Gasteiger partial charge in [-0.05, 0) is 31.7 Å². The number of nitrogens with zero attached hydrogens (tertiary/aromatic N) is 1. The van der Waals surface area contributed by atoms with Crippen LogP contribution < -0.4 is 11.1 Å². The molecule has 1 amide bonds. The Kier molecular flexibility index (Phi) is 3.70. The predicted molar refractivity (Wildman–Crippen MR) is 63.7 cm³/mol. The summed E-state index contributed by atoms with van der Waals surface area (Å²) in [4.78, 5) is 11.0. The zero-order valence-electron chi connectivity index (χ0n) is 9.76. The lowest BCUT2D eigenvalue weighted by atomic mass is 10.2. The average Bonchev–Trinajstić information content (AvgIpc) is 2.86. The van der Waals surface area contributed by atoms with Gasteiger partial charge >= 0.3 is 0 Å². The largest absolute Gasteiger partial charge is 0.369 e. The van der Waals surface area contributed by atoms with Crippen LogP contribution in [0.25, 0.3) is 0 Å². The fourth-order valence-electron chi connectivity index (χ4n) is 2.17. The van der Waals surface area contributed by atoms with E-state index in [9.17, 15) is 13.2 Å². The first-order chi connectivity index (χ1) is 7.99. The number of amides is 1. The van der Waals surface area contributed by atoms with E-state index in [0.717, 1.165) is 25.8 Å². The Bertz CT molecular complexity index is 386. The molecule has 2 aliphatic rings. The summed E-state index contributed by atoms with van der Waals surface area (Å²) in [6.07, 6.45) is 2.70. The minimum Gasteiger partial charge on any atom is -0.369 e. The molecule has 0 bridgehead atoms. The molecule has 1 aliphatic carbocycles. The Morgan fingerprint density at radius 2 is 2.06 bits per heavy atom. The Labute approximate surface area is 102 Å². The molecule has 1 heterocycles. The SMILES string of the molecule is NC(=O)CN(C1CCNC1)S(=O)(=O)CC1CC1. The van der Waals surface area contributed by atoms with Crippen molar-refractivity contribution < 1.29 is 13.2 Å². The summed E-state index contributed by atoms with van der Waals surface area (Å²) in [6.45, 7) is 1.21. The van der Waals surface area contributed by atoms with Gasteiger partial charge in [-0.25, -0.2) is 8.42 Å². The minimum atomic E-state index is -3.35. The van der Waals surface area contributed by atoms with E-state index >= 15 is 0 Å². The van der Waals surface area contributed by atoms with Gasteiger partial charge in [0.25, 0.3) is 0 Å². The van der Waals surface area contributed by atoms with Gasteiger partial charge < -0.3 is 11.1 Å². The highest BCUT2D eigenvalue weighted by Gasteiger charge is 2.37. The third-order valence-electron chi connectivity index (χ3n) is 3.25. The maximum Gasteiger partial charge on any atom is 0.232 e. The summed E-state index contributed by atoms with van der Waals surface area (Å²) in [5.74, 6) is -0.141. The van der Waals surface area contributed by atoms with Gasteiger partial charge in [-0.2, -0.15) is 4.31 Å². The summed E-state index contributed by atoms with van der Waals surface area (Å²) >= 11 is 0. The third-order valence-corrected chi connectivity index (χ3v) is 5.29. The number of nitrogens with one attached hydrogen (secondary N) is 1. The van der Waals surface area contributed by atoms with E-state index in [0.29, 0.717) is 6.54 Å². The van der Waals surface area contributed by atoms with Gasteiger partial charge in [-0.1, -0.05) is 0 Å². The number of nitrogens with two attached hydrogens (primary N) is 1. The van der Waals surface area contributed by atoms with Crippen molar-refractivity contribution in [1.82, 2.24) is 9.62 Å². The smallest absolute Gasteiger partial charge is 0.232 e. The number of rotatable bonds is 6. The van der Waals surface area contributed by atoms with E-state index in [-0.39, 0.29) is 24.3 Å². The van der Waals surface area contributed by atoms with Gasteiger partial charge in [0, 0.05) is 12.6 Å². The van der Waals surface area contributed by atoms with Crippen LogP contribution in [0.15, 0.2) is 0 Å². The van der Waals surface area contributed by atoms with Crippen molar-refractivity contribution in [2.24, 2.45) is 11.7 Å². The molecule has 1 saturated heterocycles. The van der Waals surface area contributed by atoms with Crippen LogP contribution in [-0.4, -0.2) is 50.1 Å². The summed E-state index contributed by atoms with van der Waals surface area (Å²) in [7, 11) is -3.35. The molecule has 0 aromatic rings. The Morgan fingerprint density at radius 1 is 1.35 bits per heavy atom. The molecule has 2 fully saturated rings. The molecule has 2 rings (SSSR count). The summed E-state index contributed by atoms with van der Waals surface area (Å²) in [5.41, 5.74) is 5.14. The predicted octanol–water partition coefficient (Wildman–Crippen LogP) is -1.12. The molecule has 1 unspecified atom stereocenters. The number of sulfonamides is 1. The molecule has 0 radical (unpaired) electrons. The Morgan fingerprint density at radius 3 is 2.53 bits per heavy atom. The average molecular weight is 261 g/mol. The number of carbonyl (C=O) groups is 1. The molecular formula is C10H19N3O3S.